The second kappa shape index (κ2) is 7.83. The molecule has 1 rings (SSSR count). The van der Waals surface area contributed by atoms with Crippen LogP contribution in [0, 0.1) is 5.92 Å². The minimum Gasteiger partial charge on any atom is -0.497 e. The number of thiocarbonyl (C=S) groups is 1. The van der Waals surface area contributed by atoms with E-state index in [-0.39, 0.29) is 11.8 Å². The Bertz CT molecular complexity index is 497. The van der Waals surface area contributed by atoms with Crippen molar-refractivity contribution in [2.45, 2.75) is 13.8 Å². The first-order valence-electron chi connectivity index (χ1n) is 6.74. The number of rotatable bonds is 7. The van der Waals surface area contributed by atoms with Crippen LogP contribution in [-0.4, -0.2) is 43.1 Å². The highest BCUT2D eigenvalue weighted by Crippen LogP contribution is 2.23. The van der Waals surface area contributed by atoms with E-state index in [1.165, 1.54) is 0 Å². The molecule has 1 unspecified atom stereocenters. The van der Waals surface area contributed by atoms with Crippen LogP contribution >= 0.6 is 12.2 Å². The largest absolute Gasteiger partial charge is 0.497 e. The molecule has 2 N–H and O–H groups in total. The Kier molecular flexibility index (Phi) is 6.42. The molecule has 0 aromatic heterocycles. The second-order valence-electron chi connectivity index (χ2n) is 4.75. The SMILES string of the molecule is CCN(CC(C)C(N)=S)C(=O)c1cc(OC)cc(OC)c1. The van der Waals surface area contributed by atoms with E-state index in [0.29, 0.717) is 35.1 Å². The molecule has 0 aliphatic carbocycles. The van der Waals surface area contributed by atoms with Crippen LogP contribution in [0.15, 0.2) is 18.2 Å². The predicted octanol–water partition coefficient (Wildman–Crippen LogP) is 2.09. The molecule has 0 aliphatic heterocycles. The highest BCUT2D eigenvalue weighted by Gasteiger charge is 2.19. The Morgan fingerprint density at radius 1 is 1.29 bits per heavy atom. The molecule has 1 amide bonds. The Labute approximate surface area is 131 Å². The maximum absolute atomic E-state index is 12.6. The monoisotopic (exact) mass is 310 g/mol. The van der Waals surface area contributed by atoms with Gasteiger partial charge in [0, 0.05) is 30.6 Å². The van der Waals surface area contributed by atoms with Crippen LogP contribution in [-0.2, 0) is 0 Å². The fourth-order valence-electron chi connectivity index (χ4n) is 1.89. The molecule has 1 aromatic carbocycles. The van der Waals surface area contributed by atoms with Gasteiger partial charge < -0.3 is 20.1 Å². The minimum atomic E-state index is -0.0993. The summed E-state index contributed by atoms with van der Waals surface area (Å²) in [6.07, 6.45) is 0. The summed E-state index contributed by atoms with van der Waals surface area (Å²) in [5.74, 6) is 1.03. The van der Waals surface area contributed by atoms with Gasteiger partial charge >= 0.3 is 0 Å². The molecular formula is C15H22N2O3S. The molecule has 1 atom stereocenters. The zero-order chi connectivity index (χ0) is 16.0. The van der Waals surface area contributed by atoms with E-state index in [4.69, 9.17) is 27.4 Å². The first-order valence-corrected chi connectivity index (χ1v) is 7.15. The number of carbonyl (C=O) groups excluding carboxylic acids is 1. The third kappa shape index (κ3) is 4.60. The summed E-state index contributed by atoms with van der Waals surface area (Å²) in [5, 5.41) is 0. The quantitative estimate of drug-likeness (QED) is 0.781. The normalized spacial score (nSPS) is 11.6. The number of carbonyl (C=O) groups is 1. The van der Waals surface area contributed by atoms with Gasteiger partial charge in [-0.05, 0) is 19.1 Å². The van der Waals surface area contributed by atoms with E-state index < -0.39 is 0 Å². The lowest BCUT2D eigenvalue weighted by atomic mass is 10.1. The van der Waals surface area contributed by atoms with Gasteiger partial charge in [-0.1, -0.05) is 19.1 Å². The number of nitrogens with two attached hydrogens (primary N) is 1. The van der Waals surface area contributed by atoms with E-state index in [9.17, 15) is 4.79 Å². The van der Waals surface area contributed by atoms with Crippen LogP contribution < -0.4 is 15.2 Å². The average Bonchev–Trinajstić information content (AvgIpc) is 2.50. The zero-order valence-electron chi connectivity index (χ0n) is 12.9. The molecule has 0 heterocycles. The number of benzene rings is 1. The highest BCUT2D eigenvalue weighted by atomic mass is 32.1. The van der Waals surface area contributed by atoms with Gasteiger partial charge in [-0.2, -0.15) is 0 Å². The summed E-state index contributed by atoms with van der Waals surface area (Å²) in [7, 11) is 3.10. The van der Waals surface area contributed by atoms with Crippen LogP contribution in [0.3, 0.4) is 0 Å². The van der Waals surface area contributed by atoms with E-state index in [1.807, 2.05) is 13.8 Å². The Balaban J connectivity index is 3.01. The van der Waals surface area contributed by atoms with E-state index >= 15 is 0 Å². The van der Waals surface area contributed by atoms with Gasteiger partial charge in [-0.25, -0.2) is 0 Å². The van der Waals surface area contributed by atoms with Crippen molar-refractivity contribution >= 4 is 23.1 Å². The lowest BCUT2D eigenvalue weighted by Crippen LogP contribution is -2.38. The van der Waals surface area contributed by atoms with Crippen LogP contribution in [0.1, 0.15) is 24.2 Å². The summed E-state index contributed by atoms with van der Waals surface area (Å²) in [6, 6.07) is 5.11. The maximum Gasteiger partial charge on any atom is 0.254 e. The standard InChI is InChI=1S/C15H22N2O3S/c1-5-17(9-10(2)14(16)21)15(18)11-6-12(19-3)8-13(7-11)20-4/h6-8,10H,5,9H2,1-4H3,(H2,16,21). The Morgan fingerprint density at radius 2 is 1.81 bits per heavy atom. The van der Waals surface area contributed by atoms with Gasteiger partial charge in [-0.3, -0.25) is 4.79 Å². The molecule has 0 radical (unpaired) electrons. The lowest BCUT2D eigenvalue weighted by Gasteiger charge is -2.24. The maximum atomic E-state index is 12.6. The molecule has 0 aliphatic rings. The molecule has 0 fully saturated rings. The summed E-state index contributed by atoms with van der Waals surface area (Å²) >= 11 is 4.97. The topological polar surface area (TPSA) is 64.8 Å². The van der Waals surface area contributed by atoms with Crippen molar-refractivity contribution in [1.29, 1.82) is 0 Å². The van der Waals surface area contributed by atoms with Gasteiger partial charge in [-0.15, -0.1) is 0 Å². The van der Waals surface area contributed by atoms with E-state index in [1.54, 1.807) is 37.3 Å². The Morgan fingerprint density at radius 3 is 2.19 bits per heavy atom. The van der Waals surface area contributed by atoms with Crippen molar-refractivity contribution in [2.75, 3.05) is 27.3 Å². The molecule has 6 heteroatoms. The summed E-state index contributed by atoms with van der Waals surface area (Å²) < 4.78 is 10.4. The molecule has 0 saturated carbocycles. The molecule has 21 heavy (non-hydrogen) atoms. The Hall–Kier alpha value is -1.82. The van der Waals surface area contributed by atoms with Gasteiger partial charge in [0.1, 0.15) is 11.5 Å². The number of ether oxygens (including phenoxy) is 2. The summed E-state index contributed by atoms with van der Waals surface area (Å²) in [5.41, 5.74) is 6.14. The van der Waals surface area contributed by atoms with Gasteiger partial charge in [0.2, 0.25) is 0 Å². The summed E-state index contributed by atoms with van der Waals surface area (Å²) in [6.45, 7) is 4.89. The molecule has 0 bridgehead atoms. The fourth-order valence-corrected chi connectivity index (χ4v) is 1.96. The number of methoxy groups -OCH3 is 2. The summed E-state index contributed by atoms with van der Waals surface area (Å²) in [4.78, 5) is 14.7. The van der Waals surface area contributed by atoms with Crippen molar-refractivity contribution in [1.82, 2.24) is 4.90 Å². The zero-order valence-corrected chi connectivity index (χ0v) is 13.7. The number of hydrogen-bond acceptors (Lipinski definition) is 4. The first-order chi connectivity index (χ1) is 9.92. The molecule has 0 saturated heterocycles. The van der Waals surface area contributed by atoms with Crippen LogP contribution in [0.25, 0.3) is 0 Å². The molecular weight excluding hydrogens is 288 g/mol. The molecule has 1 aromatic rings. The van der Waals surface area contributed by atoms with Crippen molar-refractivity contribution in [3.63, 3.8) is 0 Å². The smallest absolute Gasteiger partial charge is 0.254 e. The third-order valence-electron chi connectivity index (χ3n) is 3.25. The van der Waals surface area contributed by atoms with Gasteiger partial charge in [0.15, 0.2) is 0 Å². The number of amides is 1. The third-order valence-corrected chi connectivity index (χ3v) is 3.65. The van der Waals surface area contributed by atoms with E-state index in [2.05, 4.69) is 0 Å². The van der Waals surface area contributed by atoms with Crippen LogP contribution in [0.5, 0.6) is 11.5 Å². The minimum absolute atomic E-state index is 0.0311. The second-order valence-corrected chi connectivity index (χ2v) is 5.22. The van der Waals surface area contributed by atoms with E-state index in [0.717, 1.165) is 0 Å². The van der Waals surface area contributed by atoms with Crippen molar-refractivity contribution in [2.24, 2.45) is 11.7 Å². The molecule has 5 nitrogen and oxygen atoms in total. The number of hydrogen-bond donors (Lipinski definition) is 1. The van der Waals surface area contributed by atoms with Crippen LogP contribution in [0.4, 0.5) is 0 Å². The predicted molar refractivity (Wildman–Crippen MR) is 87.1 cm³/mol. The van der Waals surface area contributed by atoms with Crippen molar-refractivity contribution in [3.05, 3.63) is 23.8 Å². The van der Waals surface area contributed by atoms with Crippen molar-refractivity contribution in [3.8, 4) is 11.5 Å². The number of nitrogens with zero attached hydrogens (tertiary/aromatic N) is 1. The average molecular weight is 310 g/mol. The first kappa shape index (κ1) is 17.2. The lowest BCUT2D eigenvalue weighted by molar-refractivity contribution is 0.0754. The molecule has 116 valence electrons. The van der Waals surface area contributed by atoms with Gasteiger partial charge in [0.05, 0.1) is 19.2 Å². The van der Waals surface area contributed by atoms with Crippen LogP contribution in [0.2, 0.25) is 0 Å². The highest BCUT2D eigenvalue weighted by molar-refractivity contribution is 7.80. The fraction of sp³-hybridized carbons (Fsp3) is 0.467. The van der Waals surface area contributed by atoms with Gasteiger partial charge in [0.25, 0.3) is 5.91 Å². The molecule has 0 spiro atoms. The van der Waals surface area contributed by atoms with Crippen molar-refractivity contribution < 1.29 is 14.3 Å².